The van der Waals surface area contributed by atoms with Gasteiger partial charge < -0.3 is 19.9 Å². The molecule has 1 rings (SSSR count). The fourth-order valence-electron chi connectivity index (χ4n) is 1.82. The van der Waals surface area contributed by atoms with Crippen molar-refractivity contribution in [2.45, 2.75) is 45.7 Å². The molecular formula is C16H26ClNO3. The number of ether oxygens (including phenoxy) is 2. The van der Waals surface area contributed by atoms with Crippen molar-refractivity contribution < 1.29 is 14.6 Å². The van der Waals surface area contributed by atoms with Crippen LogP contribution in [0.1, 0.15) is 39.2 Å². The van der Waals surface area contributed by atoms with Crippen LogP contribution >= 0.6 is 11.6 Å². The Morgan fingerprint density at radius 2 is 1.95 bits per heavy atom. The van der Waals surface area contributed by atoms with Gasteiger partial charge in [-0.2, -0.15) is 0 Å². The van der Waals surface area contributed by atoms with Crippen molar-refractivity contribution >= 4 is 11.6 Å². The summed E-state index contributed by atoms with van der Waals surface area (Å²) in [5.74, 6) is 1.36. The lowest BCUT2D eigenvalue weighted by molar-refractivity contribution is 0.245. The number of hydrogen-bond donors (Lipinski definition) is 2. The highest BCUT2D eigenvalue weighted by atomic mass is 35.5. The molecule has 0 unspecified atom stereocenters. The van der Waals surface area contributed by atoms with Gasteiger partial charge in [0.2, 0.25) is 0 Å². The van der Waals surface area contributed by atoms with Gasteiger partial charge in [0.1, 0.15) is 0 Å². The molecule has 1 aromatic rings. The maximum absolute atomic E-state index is 8.82. The normalized spacial score (nSPS) is 11.5. The van der Waals surface area contributed by atoms with Gasteiger partial charge in [-0.3, -0.25) is 0 Å². The summed E-state index contributed by atoms with van der Waals surface area (Å²) in [5, 5.41) is 12.9. The van der Waals surface area contributed by atoms with E-state index in [1.165, 1.54) is 0 Å². The SMILES string of the molecule is COc1cc(Cl)cc(CNC(C)(C)C)c1OCCCCO. The summed E-state index contributed by atoms with van der Waals surface area (Å²) in [4.78, 5) is 0. The first-order chi connectivity index (χ1) is 9.87. The highest BCUT2D eigenvalue weighted by molar-refractivity contribution is 6.30. The molecule has 0 spiro atoms. The molecule has 0 amide bonds. The number of rotatable bonds is 8. The highest BCUT2D eigenvalue weighted by Crippen LogP contribution is 2.35. The van der Waals surface area contributed by atoms with Crippen molar-refractivity contribution in [1.29, 1.82) is 0 Å². The van der Waals surface area contributed by atoms with Gasteiger partial charge in [0, 0.05) is 35.3 Å². The molecule has 0 heterocycles. The van der Waals surface area contributed by atoms with Gasteiger partial charge in [-0.15, -0.1) is 0 Å². The largest absolute Gasteiger partial charge is 0.493 e. The maximum atomic E-state index is 8.82. The number of hydrogen-bond acceptors (Lipinski definition) is 4. The first-order valence-corrected chi connectivity index (χ1v) is 7.60. The van der Waals surface area contributed by atoms with Gasteiger partial charge in [0.25, 0.3) is 0 Å². The van der Waals surface area contributed by atoms with E-state index >= 15 is 0 Å². The fourth-order valence-corrected chi connectivity index (χ4v) is 2.05. The van der Waals surface area contributed by atoms with E-state index in [0.29, 0.717) is 23.9 Å². The molecule has 0 aromatic heterocycles. The Labute approximate surface area is 132 Å². The van der Waals surface area contributed by atoms with Crippen molar-refractivity contribution in [3.8, 4) is 11.5 Å². The predicted octanol–water partition coefficient (Wildman–Crippen LogP) is 3.39. The summed E-state index contributed by atoms with van der Waals surface area (Å²) >= 11 is 6.14. The van der Waals surface area contributed by atoms with Gasteiger partial charge in [0.15, 0.2) is 11.5 Å². The molecular weight excluding hydrogens is 290 g/mol. The van der Waals surface area contributed by atoms with E-state index in [-0.39, 0.29) is 12.1 Å². The van der Waals surface area contributed by atoms with Crippen LogP contribution in [0.25, 0.3) is 0 Å². The lowest BCUT2D eigenvalue weighted by atomic mass is 10.1. The molecule has 0 aliphatic carbocycles. The zero-order valence-corrected chi connectivity index (χ0v) is 14.1. The number of nitrogens with one attached hydrogen (secondary N) is 1. The van der Waals surface area contributed by atoms with Gasteiger partial charge in [0.05, 0.1) is 13.7 Å². The average Bonchev–Trinajstić information content (AvgIpc) is 2.41. The van der Waals surface area contributed by atoms with E-state index in [1.807, 2.05) is 6.07 Å². The molecule has 0 saturated carbocycles. The van der Waals surface area contributed by atoms with Crippen molar-refractivity contribution in [3.63, 3.8) is 0 Å². The number of methoxy groups -OCH3 is 1. The Morgan fingerprint density at radius 3 is 2.52 bits per heavy atom. The zero-order chi connectivity index (χ0) is 15.9. The number of halogens is 1. The second kappa shape index (κ2) is 8.47. The summed E-state index contributed by atoms with van der Waals surface area (Å²) in [6.07, 6.45) is 1.53. The molecule has 0 aliphatic rings. The van der Waals surface area contributed by atoms with Crippen LogP contribution < -0.4 is 14.8 Å². The Balaban J connectivity index is 2.88. The van der Waals surface area contributed by atoms with Crippen molar-refractivity contribution in [2.75, 3.05) is 20.3 Å². The number of benzene rings is 1. The molecule has 1 aromatic carbocycles. The van der Waals surface area contributed by atoms with E-state index in [1.54, 1.807) is 13.2 Å². The predicted molar refractivity (Wildman–Crippen MR) is 86.4 cm³/mol. The van der Waals surface area contributed by atoms with Crippen LogP contribution in [0, 0.1) is 0 Å². The third kappa shape index (κ3) is 6.55. The monoisotopic (exact) mass is 315 g/mol. The van der Waals surface area contributed by atoms with Crippen LogP contribution in [-0.4, -0.2) is 31.0 Å². The zero-order valence-electron chi connectivity index (χ0n) is 13.3. The van der Waals surface area contributed by atoms with Crippen molar-refractivity contribution in [2.24, 2.45) is 0 Å². The summed E-state index contributed by atoms with van der Waals surface area (Å²) < 4.78 is 11.2. The highest BCUT2D eigenvalue weighted by Gasteiger charge is 2.15. The lowest BCUT2D eigenvalue weighted by Gasteiger charge is -2.22. The summed E-state index contributed by atoms with van der Waals surface area (Å²) in [5.41, 5.74) is 0.974. The Bertz CT molecular complexity index is 444. The van der Waals surface area contributed by atoms with E-state index in [9.17, 15) is 0 Å². The molecule has 21 heavy (non-hydrogen) atoms. The lowest BCUT2D eigenvalue weighted by Crippen LogP contribution is -2.35. The molecule has 0 fully saturated rings. The molecule has 0 atom stereocenters. The molecule has 0 aliphatic heterocycles. The standard InChI is InChI=1S/C16H26ClNO3/c1-16(2,3)18-11-12-9-13(17)10-14(20-4)15(12)21-8-6-5-7-19/h9-10,18-19H,5-8,11H2,1-4H3. The number of unbranched alkanes of at least 4 members (excludes halogenated alkanes) is 1. The maximum Gasteiger partial charge on any atom is 0.165 e. The van der Waals surface area contributed by atoms with Crippen LogP contribution in [0.4, 0.5) is 0 Å². The van der Waals surface area contributed by atoms with E-state index in [4.69, 9.17) is 26.2 Å². The second-order valence-electron chi connectivity index (χ2n) is 5.98. The molecule has 120 valence electrons. The number of aliphatic hydroxyl groups excluding tert-OH is 1. The minimum atomic E-state index is 0.00368. The fraction of sp³-hybridized carbons (Fsp3) is 0.625. The van der Waals surface area contributed by atoms with Gasteiger partial charge in [-0.1, -0.05) is 11.6 Å². The molecule has 4 nitrogen and oxygen atoms in total. The number of aliphatic hydroxyl groups is 1. The third-order valence-electron chi connectivity index (χ3n) is 2.92. The Kier molecular flexibility index (Phi) is 7.29. The first-order valence-electron chi connectivity index (χ1n) is 7.22. The van der Waals surface area contributed by atoms with Gasteiger partial charge >= 0.3 is 0 Å². The minimum absolute atomic E-state index is 0.00368. The molecule has 2 N–H and O–H groups in total. The smallest absolute Gasteiger partial charge is 0.165 e. The van der Waals surface area contributed by atoms with Crippen LogP contribution in [0.3, 0.4) is 0 Å². The topological polar surface area (TPSA) is 50.7 Å². The van der Waals surface area contributed by atoms with Crippen LogP contribution in [0.15, 0.2) is 12.1 Å². The van der Waals surface area contributed by atoms with E-state index in [2.05, 4.69) is 26.1 Å². The van der Waals surface area contributed by atoms with Crippen LogP contribution in [0.2, 0.25) is 5.02 Å². The summed E-state index contributed by atoms with van der Waals surface area (Å²) in [7, 11) is 1.60. The molecule has 0 radical (unpaired) electrons. The van der Waals surface area contributed by atoms with Gasteiger partial charge in [-0.25, -0.2) is 0 Å². The van der Waals surface area contributed by atoms with Crippen LogP contribution in [-0.2, 0) is 6.54 Å². The van der Waals surface area contributed by atoms with Crippen LogP contribution in [0.5, 0.6) is 11.5 Å². The molecule has 5 heteroatoms. The quantitative estimate of drug-likeness (QED) is 0.722. The first kappa shape index (κ1) is 18.1. The average molecular weight is 316 g/mol. The summed E-state index contributed by atoms with van der Waals surface area (Å²) in [6, 6.07) is 3.65. The van der Waals surface area contributed by atoms with E-state index < -0.39 is 0 Å². The minimum Gasteiger partial charge on any atom is -0.493 e. The Morgan fingerprint density at radius 1 is 1.24 bits per heavy atom. The van der Waals surface area contributed by atoms with Crippen molar-refractivity contribution in [3.05, 3.63) is 22.7 Å². The van der Waals surface area contributed by atoms with Crippen molar-refractivity contribution in [1.82, 2.24) is 5.32 Å². The molecule has 0 bridgehead atoms. The van der Waals surface area contributed by atoms with E-state index in [0.717, 1.165) is 24.2 Å². The molecule has 0 saturated heterocycles. The van der Waals surface area contributed by atoms with Gasteiger partial charge in [-0.05, 0) is 39.7 Å². The second-order valence-corrected chi connectivity index (χ2v) is 6.42. The third-order valence-corrected chi connectivity index (χ3v) is 3.14. The summed E-state index contributed by atoms with van der Waals surface area (Å²) in [6.45, 7) is 7.69. The Hall–Kier alpha value is -0.970.